The van der Waals surface area contributed by atoms with Crippen LogP contribution in [0.15, 0.2) is 24.3 Å². The lowest BCUT2D eigenvalue weighted by Gasteiger charge is -2.17. The molecule has 0 spiro atoms. The summed E-state index contributed by atoms with van der Waals surface area (Å²) in [6, 6.07) is 7.86. The van der Waals surface area contributed by atoms with Crippen LogP contribution in [0.1, 0.15) is 37.3 Å². The van der Waals surface area contributed by atoms with E-state index in [4.69, 9.17) is 0 Å². The fourth-order valence-electron chi connectivity index (χ4n) is 2.34. The summed E-state index contributed by atoms with van der Waals surface area (Å²) < 4.78 is 26.2. The van der Waals surface area contributed by atoms with Crippen molar-refractivity contribution in [3.8, 4) is 0 Å². The Kier molecular flexibility index (Phi) is 5.79. The van der Waals surface area contributed by atoms with E-state index in [1.54, 1.807) is 7.05 Å². The summed E-state index contributed by atoms with van der Waals surface area (Å²) in [5, 5.41) is 3.34. The second-order valence-electron chi connectivity index (χ2n) is 5.98. The SMILES string of the molecule is CCCNCc1cccc(CS(=O)(=O)N(C)CC2CC2)c1. The second kappa shape index (κ2) is 7.38. The molecule has 0 unspecified atom stereocenters. The smallest absolute Gasteiger partial charge is 0.218 e. The van der Waals surface area contributed by atoms with Crippen LogP contribution in [0.3, 0.4) is 0 Å². The third kappa shape index (κ3) is 5.41. The van der Waals surface area contributed by atoms with Crippen molar-refractivity contribution in [2.24, 2.45) is 5.92 Å². The highest BCUT2D eigenvalue weighted by Crippen LogP contribution is 2.30. The van der Waals surface area contributed by atoms with Gasteiger partial charge < -0.3 is 5.32 Å². The van der Waals surface area contributed by atoms with E-state index in [0.717, 1.165) is 30.6 Å². The van der Waals surface area contributed by atoms with Gasteiger partial charge in [0.25, 0.3) is 0 Å². The van der Waals surface area contributed by atoms with Gasteiger partial charge in [-0.3, -0.25) is 0 Å². The van der Waals surface area contributed by atoms with Gasteiger partial charge in [-0.05, 0) is 42.9 Å². The molecule has 0 heterocycles. The van der Waals surface area contributed by atoms with E-state index in [9.17, 15) is 8.42 Å². The lowest BCUT2D eigenvalue weighted by Crippen LogP contribution is -2.30. The number of sulfonamides is 1. The minimum atomic E-state index is -3.20. The van der Waals surface area contributed by atoms with Crippen molar-refractivity contribution in [2.75, 3.05) is 20.1 Å². The summed E-state index contributed by atoms with van der Waals surface area (Å²) in [5.41, 5.74) is 2.01. The molecule has 1 fully saturated rings. The summed E-state index contributed by atoms with van der Waals surface area (Å²) in [6.07, 6.45) is 3.43. The Morgan fingerprint density at radius 2 is 2.00 bits per heavy atom. The van der Waals surface area contributed by atoms with E-state index >= 15 is 0 Å². The fourth-order valence-corrected chi connectivity index (χ4v) is 3.60. The van der Waals surface area contributed by atoms with Crippen LogP contribution in [-0.4, -0.2) is 32.9 Å². The summed E-state index contributed by atoms with van der Waals surface area (Å²) in [7, 11) is -1.50. The van der Waals surface area contributed by atoms with Crippen LogP contribution in [0.2, 0.25) is 0 Å². The van der Waals surface area contributed by atoms with E-state index < -0.39 is 10.0 Å². The molecule has 1 aromatic rings. The largest absolute Gasteiger partial charge is 0.313 e. The number of nitrogens with one attached hydrogen (secondary N) is 1. The van der Waals surface area contributed by atoms with Crippen LogP contribution in [-0.2, 0) is 22.3 Å². The van der Waals surface area contributed by atoms with Gasteiger partial charge in [-0.25, -0.2) is 12.7 Å². The van der Waals surface area contributed by atoms with Crippen molar-refractivity contribution >= 4 is 10.0 Å². The molecule has 21 heavy (non-hydrogen) atoms. The minimum Gasteiger partial charge on any atom is -0.313 e. The molecule has 0 saturated heterocycles. The fraction of sp³-hybridized carbons (Fsp3) is 0.625. The van der Waals surface area contributed by atoms with Gasteiger partial charge in [0.05, 0.1) is 5.75 Å². The molecule has 0 atom stereocenters. The molecule has 5 heteroatoms. The molecular formula is C16H26N2O2S. The standard InChI is InChI=1S/C16H26N2O2S/c1-3-9-17-11-15-5-4-6-16(10-15)13-21(19,20)18(2)12-14-7-8-14/h4-6,10,14,17H,3,7-9,11-13H2,1-2H3. The predicted molar refractivity (Wildman–Crippen MR) is 86.4 cm³/mol. The first-order chi connectivity index (χ1) is 10.0. The monoisotopic (exact) mass is 310 g/mol. The molecule has 0 bridgehead atoms. The van der Waals surface area contributed by atoms with Crippen LogP contribution in [0.4, 0.5) is 0 Å². The van der Waals surface area contributed by atoms with Gasteiger partial charge in [-0.1, -0.05) is 31.2 Å². The maximum Gasteiger partial charge on any atom is 0.218 e. The normalized spacial score (nSPS) is 15.6. The molecule has 2 rings (SSSR count). The lowest BCUT2D eigenvalue weighted by atomic mass is 10.1. The van der Waals surface area contributed by atoms with Gasteiger partial charge in [0, 0.05) is 20.1 Å². The molecule has 0 aromatic heterocycles. The van der Waals surface area contributed by atoms with Crippen molar-refractivity contribution < 1.29 is 8.42 Å². The Morgan fingerprint density at radius 3 is 2.67 bits per heavy atom. The minimum absolute atomic E-state index is 0.0951. The molecule has 1 aliphatic rings. The average Bonchev–Trinajstić information content (AvgIpc) is 3.23. The summed E-state index contributed by atoms with van der Waals surface area (Å²) >= 11 is 0. The number of benzene rings is 1. The Bertz CT molecular complexity index is 553. The van der Waals surface area contributed by atoms with Crippen LogP contribution < -0.4 is 5.32 Å². The predicted octanol–water partition coefficient (Wildman–Crippen LogP) is 2.36. The second-order valence-corrected chi connectivity index (χ2v) is 8.05. The molecule has 4 nitrogen and oxygen atoms in total. The maximum absolute atomic E-state index is 12.3. The molecule has 0 aliphatic heterocycles. The van der Waals surface area contributed by atoms with Crippen LogP contribution in [0.5, 0.6) is 0 Å². The molecule has 1 saturated carbocycles. The molecule has 0 amide bonds. The topological polar surface area (TPSA) is 49.4 Å². The van der Waals surface area contributed by atoms with Crippen molar-refractivity contribution in [3.63, 3.8) is 0 Å². The van der Waals surface area contributed by atoms with Gasteiger partial charge >= 0.3 is 0 Å². The number of hydrogen-bond donors (Lipinski definition) is 1. The molecule has 1 aliphatic carbocycles. The molecule has 1 N–H and O–H groups in total. The van der Waals surface area contributed by atoms with Crippen molar-refractivity contribution in [1.29, 1.82) is 0 Å². The Balaban J connectivity index is 1.95. The highest BCUT2D eigenvalue weighted by atomic mass is 32.2. The highest BCUT2D eigenvalue weighted by Gasteiger charge is 2.28. The molecule has 118 valence electrons. The van der Waals surface area contributed by atoms with Gasteiger partial charge in [0.15, 0.2) is 0 Å². The quantitative estimate of drug-likeness (QED) is 0.712. The van der Waals surface area contributed by atoms with Gasteiger partial charge in [-0.15, -0.1) is 0 Å². The molecule has 0 radical (unpaired) electrons. The third-order valence-corrected chi connectivity index (χ3v) is 5.58. The van der Waals surface area contributed by atoms with Crippen LogP contribution >= 0.6 is 0 Å². The van der Waals surface area contributed by atoms with E-state index in [1.807, 2.05) is 24.3 Å². The summed E-state index contributed by atoms with van der Waals surface area (Å²) in [4.78, 5) is 0. The zero-order valence-electron chi connectivity index (χ0n) is 13.0. The van der Waals surface area contributed by atoms with E-state index in [0.29, 0.717) is 12.5 Å². The van der Waals surface area contributed by atoms with E-state index in [1.165, 1.54) is 17.1 Å². The Morgan fingerprint density at radius 1 is 1.29 bits per heavy atom. The van der Waals surface area contributed by atoms with E-state index in [-0.39, 0.29) is 5.75 Å². The lowest BCUT2D eigenvalue weighted by molar-refractivity contribution is 0.452. The van der Waals surface area contributed by atoms with Crippen molar-refractivity contribution in [3.05, 3.63) is 35.4 Å². The number of rotatable bonds is 9. The summed E-state index contributed by atoms with van der Waals surface area (Å²) in [5.74, 6) is 0.673. The zero-order valence-corrected chi connectivity index (χ0v) is 13.8. The first kappa shape index (κ1) is 16.5. The first-order valence-corrected chi connectivity index (χ1v) is 9.34. The van der Waals surface area contributed by atoms with Crippen molar-refractivity contribution in [1.82, 2.24) is 9.62 Å². The van der Waals surface area contributed by atoms with Gasteiger partial charge in [0.1, 0.15) is 0 Å². The first-order valence-electron chi connectivity index (χ1n) is 7.74. The molecular weight excluding hydrogens is 284 g/mol. The van der Waals surface area contributed by atoms with Crippen molar-refractivity contribution in [2.45, 2.75) is 38.5 Å². The third-order valence-electron chi connectivity index (χ3n) is 3.78. The van der Waals surface area contributed by atoms with Gasteiger partial charge in [0.2, 0.25) is 10.0 Å². The van der Waals surface area contributed by atoms with Crippen LogP contribution in [0, 0.1) is 5.92 Å². The summed E-state index contributed by atoms with van der Waals surface area (Å²) in [6.45, 7) is 4.57. The Hall–Kier alpha value is -0.910. The van der Waals surface area contributed by atoms with Gasteiger partial charge in [-0.2, -0.15) is 0 Å². The zero-order chi connectivity index (χ0) is 15.3. The van der Waals surface area contributed by atoms with E-state index in [2.05, 4.69) is 12.2 Å². The Labute approximate surface area is 128 Å². The number of hydrogen-bond acceptors (Lipinski definition) is 3. The number of nitrogens with zero attached hydrogens (tertiary/aromatic N) is 1. The maximum atomic E-state index is 12.3. The average molecular weight is 310 g/mol. The highest BCUT2D eigenvalue weighted by molar-refractivity contribution is 7.88. The molecule has 1 aromatic carbocycles. The van der Waals surface area contributed by atoms with Crippen LogP contribution in [0.25, 0.3) is 0 Å².